The van der Waals surface area contributed by atoms with Gasteiger partial charge in [0.2, 0.25) is 0 Å². The van der Waals surface area contributed by atoms with E-state index in [0.717, 1.165) is 0 Å². The molecule has 0 bridgehead atoms. The van der Waals surface area contributed by atoms with Gasteiger partial charge in [0.1, 0.15) is 0 Å². The second-order valence-electron chi connectivity index (χ2n) is 15.6. The zero-order valence-electron chi connectivity index (χ0n) is 27.1. The molecule has 0 atom stereocenters. The van der Waals surface area contributed by atoms with Crippen molar-refractivity contribution in [2.24, 2.45) is 0 Å². The monoisotopic (exact) mass is 530 g/mol. The van der Waals surface area contributed by atoms with Crippen LogP contribution in [0.2, 0.25) is 0 Å². The van der Waals surface area contributed by atoms with Gasteiger partial charge in [0.15, 0.2) is 0 Å². The minimum atomic E-state index is -0.0198. The van der Waals surface area contributed by atoms with Gasteiger partial charge in [-0.25, -0.2) is 0 Å². The second-order valence-corrected chi connectivity index (χ2v) is 15.6. The molecule has 0 aromatic heterocycles. The Bertz CT molecular complexity index is 1420. The fourth-order valence-electron chi connectivity index (χ4n) is 6.05. The molecule has 4 aromatic carbocycles. The first kappa shape index (κ1) is 29.9. The van der Waals surface area contributed by atoms with Gasteiger partial charge in [-0.3, -0.25) is 0 Å². The smallest absolute Gasteiger partial charge is 0.00207 e. The lowest BCUT2D eigenvalue weighted by Crippen LogP contribution is -2.21. The summed E-state index contributed by atoms with van der Waals surface area (Å²) in [6.07, 6.45) is 0. The highest BCUT2D eigenvalue weighted by Crippen LogP contribution is 2.51. The van der Waals surface area contributed by atoms with E-state index < -0.39 is 0 Å². The molecular weight excluding hydrogens is 480 g/mol. The third-order valence-electron chi connectivity index (χ3n) is 8.03. The predicted octanol–water partition coefficient (Wildman–Crippen LogP) is 11.9. The van der Waals surface area contributed by atoms with Crippen LogP contribution in [0.4, 0.5) is 0 Å². The maximum absolute atomic E-state index is 2.38. The first-order chi connectivity index (χ1) is 18.4. The van der Waals surface area contributed by atoms with Crippen molar-refractivity contribution in [1.82, 2.24) is 0 Å². The molecule has 0 amide bonds. The van der Waals surface area contributed by atoms with E-state index in [9.17, 15) is 0 Å². The third-order valence-corrected chi connectivity index (χ3v) is 8.03. The van der Waals surface area contributed by atoms with Gasteiger partial charge in [-0.15, -0.1) is 0 Å². The van der Waals surface area contributed by atoms with Gasteiger partial charge in [-0.05, 0) is 77.3 Å². The zero-order valence-corrected chi connectivity index (χ0v) is 27.1. The molecule has 40 heavy (non-hydrogen) atoms. The van der Waals surface area contributed by atoms with E-state index in [0.29, 0.717) is 0 Å². The molecule has 0 aliphatic heterocycles. The summed E-state index contributed by atoms with van der Waals surface area (Å²) in [5.74, 6) is 0. The topological polar surface area (TPSA) is 0 Å². The summed E-state index contributed by atoms with van der Waals surface area (Å²) in [4.78, 5) is 0. The van der Waals surface area contributed by atoms with E-state index in [1.54, 1.807) is 0 Å². The molecule has 0 unspecified atom stereocenters. The largest absolute Gasteiger partial charge is 0.0622 e. The van der Waals surface area contributed by atoms with Gasteiger partial charge < -0.3 is 0 Å². The van der Waals surface area contributed by atoms with Crippen LogP contribution in [0.5, 0.6) is 0 Å². The third kappa shape index (κ3) is 5.83. The van der Waals surface area contributed by atoms with Gasteiger partial charge in [0.05, 0.1) is 0 Å². The van der Waals surface area contributed by atoms with Crippen LogP contribution in [-0.2, 0) is 21.7 Å². The van der Waals surface area contributed by atoms with Crippen LogP contribution in [0.1, 0.15) is 105 Å². The number of hydrogen-bond acceptors (Lipinski definition) is 0. The van der Waals surface area contributed by atoms with Crippen molar-refractivity contribution >= 4 is 0 Å². The SMILES string of the molecule is CC(C)(C)c1cccc(C(C)(C)C)c1-c1cccc(-c2ccccc2)c1-c1c(C(C)(C)C)cccc1C(C)(C)C. The molecule has 0 spiro atoms. The Labute approximate surface area is 244 Å². The van der Waals surface area contributed by atoms with Crippen molar-refractivity contribution in [3.05, 3.63) is 107 Å². The van der Waals surface area contributed by atoms with E-state index >= 15 is 0 Å². The van der Waals surface area contributed by atoms with E-state index in [1.807, 2.05) is 0 Å². The average molecular weight is 531 g/mol. The maximum Gasteiger partial charge on any atom is -0.00207 e. The summed E-state index contributed by atoms with van der Waals surface area (Å²) in [6, 6.07) is 31.9. The van der Waals surface area contributed by atoms with E-state index in [-0.39, 0.29) is 21.7 Å². The Morgan fingerprint density at radius 1 is 0.300 bits per heavy atom. The normalized spacial score (nSPS) is 13.0. The summed E-state index contributed by atoms with van der Waals surface area (Å²) in [6.45, 7) is 28.2. The highest BCUT2D eigenvalue weighted by atomic mass is 14.4. The fourth-order valence-corrected chi connectivity index (χ4v) is 6.05. The first-order valence-electron chi connectivity index (χ1n) is 14.9. The fraction of sp³-hybridized carbons (Fsp3) is 0.400. The Hall–Kier alpha value is -3.12. The van der Waals surface area contributed by atoms with Crippen molar-refractivity contribution in [2.75, 3.05) is 0 Å². The van der Waals surface area contributed by atoms with Gasteiger partial charge in [-0.1, -0.05) is 168 Å². The molecule has 0 fully saturated rings. The highest BCUT2D eigenvalue weighted by Gasteiger charge is 2.32. The lowest BCUT2D eigenvalue weighted by molar-refractivity contribution is 0.570. The Balaban J connectivity index is 2.33. The molecule has 210 valence electrons. The summed E-state index contributed by atoms with van der Waals surface area (Å²) in [5, 5.41) is 0. The van der Waals surface area contributed by atoms with Crippen LogP contribution in [0, 0.1) is 0 Å². The molecule has 0 heterocycles. The molecule has 4 aromatic rings. The molecular formula is C40H50. The number of benzene rings is 4. The highest BCUT2D eigenvalue weighted by molar-refractivity contribution is 5.98. The van der Waals surface area contributed by atoms with Crippen molar-refractivity contribution in [1.29, 1.82) is 0 Å². The van der Waals surface area contributed by atoms with E-state index in [4.69, 9.17) is 0 Å². The van der Waals surface area contributed by atoms with Crippen molar-refractivity contribution in [3.8, 4) is 33.4 Å². The minimum absolute atomic E-state index is 0.00693. The molecule has 4 rings (SSSR count). The van der Waals surface area contributed by atoms with Crippen LogP contribution in [-0.4, -0.2) is 0 Å². The summed E-state index contributed by atoms with van der Waals surface area (Å²) in [5.41, 5.74) is 13.6. The van der Waals surface area contributed by atoms with Crippen molar-refractivity contribution in [3.63, 3.8) is 0 Å². The first-order valence-corrected chi connectivity index (χ1v) is 14.9. The van der Waals surface area contributed by atoms with Gasteiger partial charge >= 0.3 is 0 Å². The molecule has 0 radical (unpaired) electrons. The quantitative estimate of drug-likeness (QED) is 0.247. The van der Waals surface area contributed by atoms with Gasteiger partial charge in [0.25, 0.3) is 0 Å². The maximum atomic E-state index is 2.38. The Morgan fingerprint density at radius 2 is 0.650 bits per heavy atom. The summed E-state index contributed by atoms with van der Waals surface area (Å²) >= 11 is 0. The van der Waals surface area contributed by atoms with E-state index in [1.165, 1.54) is 55.6 Å². The molecule has 0 N–H and O–H groups in total. The van der Waals surface area contributed by atoms with Crippen molar-refractivity contribution in [2.45, 2.75) is 105 Å². The molecule has 0 aliphatic carbocycles. The predicted molar refractivity (Wildman–Crippen MR) is 178 cm³/mol. The van der Waals surface area contributed by atoms with Gasteiger partial charge in [0, 0.05) is 0 Å². The Morgan fingerprint density at radius 3 is 1.05 bits per heavy atom. The van der Waals surface area contributed by atoms with E-state index in [2.05, 4.69) is 168 Å². The summed E-state index contributed by atoms with van der Waals surface area (Å²) < 4.78 is 0. The van der Waals surface area contributed by atoms with Crippen LogP contribution in [0.3, 0.4) is 0 Å². The summed E-state index contributed by atoms with van der Waals surface area (Å²) in [7, 11) is 0. The molecule has 0 saturated carbocycles. The molecule has 0 aliphatic rings. The molecule has 0 heteroatoms. The van der Waals surface area contributed by atoms with Crippen LogP contribution >= 0.6 is 0 Å². The van der Waals surface area contributed by atoms with Crippen molar-refractivity contribution < 1.29 is 0 Å². The average Bonchev–Trinajstić information content (AvgIpc) is 2.86. The molecule has 0 saturated heterocycles. The van der Waals surface area contributed by atoms with Crippen LogP contribution in [0.25, 0.3) is 33.4 Å². The zero-order chi connectivity index (χ0) is 29.7. The standard InChI is InChI=1S/C40H50/c1-37(2,3)30-23-17-24-31(38(4,5)6)35(30)29-22-16-21-28(27-19-14-13-15-20-27)34(29)36-32(39(7,8)9)25-18-26-33(36)40(10,11)12/h13-26H,1-12H3. The molecule has 0 nitrogen and oxygen atoms in total. The lowest BCUT2D eigenvalue weighted by atomic mass is 9.69. The second kappa shape index (κ2) is 10.4. The number of rotatable bonds is 3. The minimum Gasteiger partial charge on any atom is -0.0622 e. The van der Waals surface area contributed by atoms with Crippen LogP contribution < -0.4 is 0 Å². The number of hydrogen-bond donors (Lipinski definition) is 0. The van der Waals surface area contributed by atoms with Gasteiger partial charge in [-0.2, -0.15) is 0 Å². The van der Waals surface area contributed by atoms with Crippen LogP contribution in [0.15, 0.2) is 84.9 Å². The lowest BCUT2D eigenvalue weighted by Gasteiger charge is -2.35. The Kier molecular flexibility index (Phi) is 7.74.